The number of hydrogen-bond donors (Lipinski definition) is 0. The maximum Gasteiger partial charge on any atom is 0.118 e. The predicted molar refractivity (Wildman–Crippen MR) is 71.6 cm³/mol. The molecule has 3 heteroatoms. The summed E-state index contributed by atoms with van der Waals surface area (Å²) in [6.45, 7) is 2.07. The van der Waals surface area contributed by atoms with Crippen LogP contribution < -0.4 is 4.74 Å². The number of rotatable bonds is 2. The zero-order valence-electron chi connectivity index (χ0n) is 11.1. The normalized spacial score (nSPS) is 25.2. The molecule has 1 unspecified atom stereocenters. The monoisotopic (exact) mass is 244 g/mol. The molecule has 1 heterocycles. The van der Waals surface area contributed by atoms with E-state index in [0.717, 1.165) is 43.7 Å². The number of ether oxygens (including phenoxy) is 1. The number of hydrogen-bond acceptors (Lipinski definition) is 3. The number of nitrogens with zero attached hydrogens (tertiary/aromatic N) is 2. The minimum absolute atomic E-state index is 0.322. The molecule has 1 aromatic rings. The first kappa shape index (κ1) is 12.9. The van der Waals surface area contributed by atoms with E-state index in [1.165, 1.54) is 0 Å². The molecule has 3 nitrogen and oxygen atoms in total. The fourth-order valence-corrected chi connectivity index (χ4v) is 2.64. The average molecular weight is 244 g/mol. The Morgan fingerprint density at radius 1 is 1.22 bits per heavy atom. The van der Waals surface area contributed by atoms with Gasteiger partial charge in [-0.3, -0.25) is 0 Å². The molecular weight excluding hydrogens is 224 g/mol. The third kappa shape index (κ3) is 2.49. The van der Waals surface area contributed by atoms with Gasteiger partial charge < -0.3 is 9.64 Å². The molecule has 1 aromatic carbocycles. The smallest absolute Gasteiger partial charge is 0.118 e. The van der Waals surface area contributed by atoms with Gasteiger partial charge in [-0.2, -0.15) is 5.26 Å². The largest absolute Gasteiger partial charge is 0.497 e. The Labute approximate surface area is 109 Å². The molecule has 0 radical (unpaired) electrons. The van der Waals surface area contributed by atoms with Crippen LogP contribution in [0.3, 0.4) is 0 Å². The molecule has 1 atom stereocenters. The summed E-state index contributed by atoms with van der Waals surface area (Å²) in [5.41, 5.74) is 0.804. The maximum absolute atomic E-state index is 9.63. The summed E-state index contributed by atoms with van der Waals surface area (Å²) in [6.07, 6.45) is 2.93. The molecule has 18 heavy (non-hydrogen) atoms. The molecule has 0 aromatic heterocycles. The maximum atomic E-state index is 9.63. The van der Waals surface area contributed by atoms with Gasteiger partial charge in [0.15, 0.2) is 0 Å². The summed E-state index contributed by atoms with van der Waals surface area (Å²) in [4.78, 5) is 2.31. The van der Waals surface area contributed by atoms with Gasteiger partial charge in [0.25, 0.3) is 0 Å². The quantitative estimate of drug-likeness (QED) is 0.802. The van der Waals surface area contributed by atoms with E-state index in [2.05, 4.69) is 18.0 Å². The van der Waals surface area contributed by atoms with Crippen LogP contribution in [0.1, 0.15) is 24.8 Å². The first-order valence-electron chi connectivity index (χ1n) is 6.44. The van der Waals surface area contributed by atoms with E-state index in [1.54, 1.807) is 7.11 Å². The summed E-state index contributed by atoms with van der Waals surface area (Å²) in [7, 11) is 3.79. The highest BCUT2D eigenvalue weighted by Crippen LogP contribution is 2.35. The van der Waals surface area contributed by atoms with Gasteiger partial charge in [-0.05, 0) is 57.1 Å². The van der Waals surface area contributed by atoms with Crippen molar-refractivity contribution in [3.8, 4) is 11.8 Å². The molecule has 0 spiro atoms. The van der Waals surface area contributed by atoms with Gasteiger partial charge in [-0.1, -0.05) is 12.1 Å². The Morgan fingerprint density at radius 3 is 2.56 bits per heavy atom. The van der Waals surface area contributed by atoms with Crippen LogP contribution >= 0.6 is 0 Å². The fourth-order valence-electron chi connectivity index (χ4n) is 2.64. The van der Waals surface area contributed by atoms with Gasteiger partial charge in [0.1, 0.15) is 5.75 Å². The summed E-state index contributed by atoms with van der Waals surface area (Å²) < 4.78 is 5.17. The highest BCUT2D eigenvalue weighted by Gasteiger charge is 2.33. The van der Waals surface area contributed by atoms with Gasteiger partial charge in [-0.15, -0.1) is 0 Å². The molecule has 1 aliphatic rings. The predicted octanol–water partition coefficient (Wildman–Crippen LogP) is 2.57. The molecular formula is C15H20N2O. The molecule has 1 fully saturated rings. The standard InChI is InChI=1S/C15H20N2O/c1-17-10-3-8-15(12-16,9-11-17)13-4-6-14(18-2)7-5-13/h4-7H,3,8-11H2,1-2H3. The van der Waals surface area contributed by atoms with Crippen molar-refractivity contribution in [2.45, 2.75) is 24.7 Å². The molecule has 1 aliphatic heterocycles. The van der Waals surface area contributed by atoms with Crippen molar-refractivity contribution in [2.24, 2.45) is 0 Å². The van der Waals surface area contributed by atoms with Crippen molar-refractivity contribution >= 4 is 0 Å². The van der Waals surface area contributed by atoms with Gasteiger partial charge in [-0.25, -0.2) is 0 Å². The van der Waals surface area contributed by atoms with E-state index < -0.39 is 0 Å². The third-order valence-corrected chi connectivity index (χ3v) is 3.92. The topological polar surface area (TPSA) is 36.3 Å². The van der Waals surface area contributed by atoms with Crippen molar-refractivity contribution in [1.82, 2.24) is 4.90 Å². The fraction of sp³-hybridized carbons (Fsp3) is 0.533. The van der Waals surface area contributed by atoms with Crippen molar-refractivity contribution in [2.75, 3.05) is 27.2 Å². The van der Waals surface area contributed by atoms with Crippen molar-refractivity contribution < 1.29 is 4.74 Å². The van der Waals surface area contributed by atoms with E-state index in [4.69, 9.17) is 4.74 Å². The van der Waals surface area contributed by atoms with Crippen LogP contribution in [0.2, 0.25) is 0 Å². The van der Waals surface area contributed by atoms with E-state index in [0.29, 0.717) is 0 Å². The summed E-state index contributed by atoms with van der Waals surface area (Å²) in [5, 5.41) is 9.63. The summed E-state index contributed by atoms with van der Waals surface area (Å²) in [6, 6.07) is 10.5. The van der Waals surface area contributed by atoms with Gasteiger partial charge in [0, 0.05) is 0 Å². The minimum atomic E-state index is -0.322. The van der Waals surface area contributed by atoms with E-state index in [-0.39, 0.29) is 5.41 Å². The van der Waals surface area contributed by atoms with Gasteiger partial charge in [0.05, 0.1) is 18.6 Å². The first-order chi connectivity index (χ1) is 8.70. The second-order valence-corrected chi connectivity index (χ2v) is 5.08. The summed E-state index contributed by atoms with van der Waals surface area (Å²) in [5.74, 6) is 0.845. The first-order valence-corrected chi connectivity index (χ1v) is 6.44. The van der Waals surface area contributed by atoms with Crippen LogP contribution in [0.15, 0.2) is 24.3 Å². The zero-order valence-corrected chi connectivity index (χ0v) is 11.1. The van der Waals surface area contributed by atoms with E-state index in [9.17, 15) is 5.26 Å². The molecule has 0 aliphatic carbocycles. The Hall–Kier alpha value is -1.53. The molecule has 0 amide bonds. The Bertz CT molecular complexity index is 435. The lowest BCUT2D eigenvalue weighted by Gasteiger charge is -2.25. The SMILES string of the molecule is COc1ccc(C2(C#N)CCCN(C)CC2)cc1. The minimum Gasteiger partial charge on any atom is -0.497 e. The Kier molecular flexibility index (Phi) is 3.88. The van der Waals surface area contributed by atoms with Crippen LogP contribution in [0.4, 0.5) is 0 Å². The molecule has 0 saturated carbocycles. The van der Waals surface area contributed by atoms with Gasteiger partial charge in [0.2, 0.25) is 0 Å². The lowest BCUT2D eigenvalue weighted by molar-refractivity contribution is 0.342. The van der Waals surface area contributed by atoms with E-state index >= 15 is 0 Å². The highest BCUT2D eigenvalue weighted by molar-refractivity contribution is 5.37. The highest BCUT2D eigenvalue weighted by atomic mass is 16.5. The molecule has 0 bridgehead atoms. The van der Waals surface area contributed by atoms with Crippen LogP contribution in [0, 0.1) is 11.3 Å². The number of methoxy groups -OCH3 is 1. The van der Waals surface area contributed by atoms with E-state index in [1.807, 2.05) is 24.3 Å². The molecule has 96 valence electrons. The van der Waals surface area contributed by atoms with Crippen LogP contribution in [-0.4, -0.2) is 32.1 Å². The molecule has 2 rings (SSSR count). The molecule has 1 saturated heterocycles. The summed E-state index contributed by atoms with van der Waals surface area (Å²) >= 11 is 0. The van der Waals surface area contributed by atoms with Crippen molar-refractivity contribution in [3.05, 3.63) is 29.8 Å². The number of benzene rings is 1. The Balaban J connectivity index is 2.28. The molecule has 0 N–H and O–H groups in total. The third-order valence-electron chi connectivity index (χ3n) is 3.92. The van der Waals surface area contributed by atoms with Crippen molar-refractivity contribution in [1.29, 1.82) is 5.26 Å². The lowest BCUT2D eigenvalue weighted by atomic mass is 9.76. The Morgan fingerprint density at radius 2 is 1.94 bits per heavy atom. The van der Waals surface area contributed by atoms with Crippen LogP contribution in [0.5, 0.6) is 5.75 Å². The second kappa shape index (κ2) is 5.41. The van der Waals surface area contributed by atoms with Crippen LogP contribution in [-0.2, 0) is 5.41 Å². The average Bonchev–Trinajstić information content (AvgIpc) is 2.62. The zero-order chi connectivity index (χ0) is 13.0. The van der Waals surface area contributed by atoms with Gasteiger partial charge >= 0.3 is 0 Å². The number of nitriles is 1. The lowest BCUT2D eigenvalue weighted by Crippen LogP contribution is -2.26. The second-order valence-electron chi connectivity index (χ2n) is 5.08. The number of likely N-dealkylation sites (tertiary alicyclic amines) is 1. The van der Waals surface area contributed by atoms with Crippen molar-refractivity contribution in [3.63, 3.8) is 0 Å². The van der Waals surface area contributed by atoms with Crippen LogP contribution in [0.25, 0.3) is 0 Å².